The molecule has 0 saturated heterocycles. The Morgan fingerprint density at radius 2 is 1.82 bits per heavy atom. The van der Waals surface area contributed by atoms with Crippen molar-refractivity contribution in [1.82, 2.24) is 13.7 Å². The number of nitrogens with zero attached hydrogens (tertiary/aromatic N) is 3. The van der Waals surface area contributed by atoms with Crippen LogP contribution in [0, 0.1) is 13.8 Å². The lowest BCUT2D eigenvalue weighted by Crippen LogP contribution is -2.23. The van der Waals surface area contributed by atoms with E-state index in [1.165, 1.54) is 20.2 Å². The third-order valence-corrected chi connectivity index (χ3v) is 7.40. The molecule has 0 atom stereocenters. The number of pyridine rings is 1. The van der Waals surface area contributed by atoms with Crippen LogP contribution in [0.2, 0.25) is 0 Å². The molecule has 0 radical (unpaired) electrons. The average molecular weight is 479 g/mol. The van der Waals surface area contributed by atoms with Gasteiger partial charge in [0.25, 0.3) is 5.91 Å². The van der Waals surface area contributed by atoms with Crippen molar-refractivity contribution in [1.29, 1.82) is 0 Å². The molecule has 8 nitrogen and oxygen atoms in total. The summed E-state index contributed by atoms with van der Waals surface area (Å²) in [5, 5.41) is 2.78. The van der Waals surface area contributed by atoms with Crippen molar-refractivity contribution in [2.24, 2.45) is 0 Å². The van der Waals surface area contributed by atoms with Crippen molar-refractivity contribution in [2.75, 3.05) is 19.4 Å². The maximum atomic E-state index is 13.0. The fourth-order valence-electron chi connectivity index (χ4n) is 3.56. The summed E-state index contributed by atoms with van der Waals surface area (Å²) < 4.78 is 34.2. The molecule has 0 spiro atoms. The Bertz CT molecular complexity index is 1480. The van der Waals surface area contributed by atoms with E-state index in [0.717, 1.165) is 21.2 Å². The Morgan fingerprint density at radius 3 is 2.56 bits per heavy atom. The van der Waals surface area contributed by atoms with Crippen LogP contribution >= 0.6 is 0 Å². The first-order chi connectivity index (χ1) is 16.2. The Morgan fingerprint density at radius 1 is 1.06 bits per heavy atom. The van der Waals surface area contributed by atoms with Gasteiger partial charge in [-0.2, -0.15) is 0 Å². The van der Waals surface area contributed by atoms with Crippen molar-refractivity contribution in [2.45, 2.75) is 25.3 Å². The zero-order valence-electron chi connectivity index (χ0n) is 19.4. The number of hydrogen-bond donors (Lipinski definition) is 1. The minimum atomic E-state index is -3.64. The standard InChI is InChI=1S/C25H26N4O4S/c1-17-11-12-19(14-23(17)34(31,32)28(3)4)27-25(30)21-9-5-6-10-22(21)33-16-20-15-29-13-7-8-18(2)24(29)26-20/h5-15H,16H2,1-4H3,(H,27,30). The zero-order valence-corrected chi connectivity index (χ0v) is 20.3. The van der Waals surface area contributed by atoms with E-state index in [4.69, 9.17) is 4.74 Å². The van der Waals surface area contributed by atoms with E-state index >= 15 is 0 Å². The number of imidazole rings is 1. The van der Waals surface area contributed by atoms with Gasteiger partial charge in [-0.3, -0.25) is 4.79 Å². The van der Waals surface area contributed by atoms with Crippen LogP contribution in [0.3, 0.4) is 0 Å². The molecule has 0 bridgehead atoms. The van der Waals surface area contributed by atoms with E-state index < -0.39 is 15.9 Å². The highest BCUT2D eigenvalue weighted by atomic mass is 32.2. The smallest absolute Gasteiger partial charge is 0.259 e. The first-order valence-electron chi connectivity index (χ1n) is 10.7. The van der Waals surface area contributed by atoms with E-state index in [1.807, 2.05) is 35.9 Å². The Kier molecular flexibility index (Phi) is 6.41. The number of aromatic nitrogens is 2. The summed E-state index contributed by atoms with van der Waals surface area (Å²) in [7, 11) is -0.703. The maximum absolute atomic E-state index is 13.0. The number of anilines is 1. The third kappa shape index (κ3) is 4.66. The molecule has 0 fully saturated rings. The number of sulfonamides is 1. The van der Waals surface area contributed by atoms with Crippen LogP contribution in [0.25, 0.3) is 5.65 Å². The summed E-state index contributed by atoms with van der Waals surface area (Å²) >= 11 is 0. The largest absolute Gasteiger partial charge is 0.486 e. The molecule has 2 aromatic heterocycles. The van der Waals surface area contributed by atoms with Crippen molar-refractivity contribution >= 4 is 27.3 Å². The summed E-state index contributed by atoms with van der Waals surface area (Å²) in [4.78, 5) is 17.8. The number of amides is 1. The molecular weight excluding hydrogens is 452 g/mol. The first-order valence-corrected chi connectivity index (χ1v) is 12.1. The molecular formula is C25H26N4O4S. The lowest BCUT2D eigenvalue weighted by Gasteiger charge is -2.15. The summed E-state index contributed by atoms with van der Waals surface area (Å²) in [6, 6.07) is 15.6. The van der Waals surface area contributed by atoms with Gasteiger partial charge in [-0.05, 0) is 55.3 Å². The molecule has 176 valence electrons. The molecule has 0 aliphatic rings. The van der Waals surface area contributed by atoms with Crippen LogP contribution in [0.4, 0.5) is 5.69 Å². The van der Waals surface area contributed by atoms with Gasteiger partial charge < -0.3 is 14.5 Å². The van der Waals surface area contributed by atoms with Gasteiger partial charge >= 0.3 is 0 Å². The van der Waals surface area contributed by atoms with Crippen molar-refractivity contribution < 1.29 is 17.9 Å². The Labute approximate surface area is 198 Å². The lowest BCUT2D eigenvalue weighted by atomic mass is 10.1. The van der Waals surface area contributed by atoms with E-state index in [0.29, 0.717) is 22.6 Å². The summed E-state index contributed by atoms with van der Waals surface area (Å²) in [5.74, 6) is 0.000487. The Hall–Kier alpha value is -3.69. The van der Waals surface area contributed by atoms with Crippen LogP contribution in [0.15, 0.2) is 71.9 Å². The zero-order chi connectivity index (χ0) is 24.5. The number of carbonyl (C=O) groups is 1. The predicted molar refractivity (Wildman–Crippen MR) is 131 cm³/mol. The summed E-state index contributed by atoms with van der Waals surface area (Å²) in [5.41, 5.74) is 3.96. The molecule has 2 aromatic carbocycles. The van der Waals surface area contributed by atoms with E-state index in [-0.39, 0.29) is 11.5 Å². The first kappa shape index (κ1) is 23.5. The molecule has 34 heavy (non-hydrogen) atoms. The van der Waals surface area contributed by atoms with E-state index in [1.54, 1.807) is 43.3 Å². The second-order valence-electron chi connectivity index (χ2n) is 8.16. The van der Waals surface area contributed by atoms with Gasteiger partial charge in [0.15, 0.2) is 0 Å². The fraction of sp³-hybridized carbons (Fsp3) is 0.200. The number of carbonyl (C=O) groups excluding carboxylic acids is 1. The molecule has 0 saturated carbocycles. The highest BCUT2D eigenvalue weighted by molar-refractivity contribution is 7.89. The number of para-hydroxylation sites is 1. The molecule has 1 amide bonds. The van der Waals surface area contributed by atoms with Crippen molar-refractivity contribution in [3.63, 3.8) is 0 Å². The fourth-order valence-corrected chi connectivity index (χ4v) is 4.70. The van der Waals surface area contributed by atoms with Crippen LogP contribution < -0.4 is 10.1 Å². The van der Waals surface area contributed by atoms with Crippen molar-refractivity contribution in [3.8, 4) is 5.75 Å². The van der Waals surface area contributed by atoms with Crippen LogP contribution in [0.1, 0.15) is 27.2 Å². The minimum Gasteiger partial charge on any atom is -0.486 e. The highest BCUT2D eigenvalue weighted by Crippen LogP contribution is 2.25. The van der Waals surface area contributed by atoms with Crippen LogP contribution in [-0.4, -0.2) is 42.1 Å². The molecule has 4 rings (SSSR count). The van der Waals surface area contributed by atoms with Gasteiger partial charge in [0, 0.05) is 32.2 Å². The van der Waals surface area contributed by atoms with E-state index in [2.05, 4.69) is 10.3 Å². The molecule has 0 aliphatic carbocycles. The number of nitrogens with one attached hydrogen (secondary N) is 1. The molecule has 2 heterocycles. The van der Waals surface area contributed by atoms with Crippen LogP contribution in [0.5, 0.6) is 5.75 Å². The van der Waals surface area contributed by atoms with Gasteiger partial charge in [-0.25, -0.2) is 17.7 Å². The monoisotopic (exact) mass is 478 g/mol. The average Bonchev–Trinajstić information content (AvgIpc) is 3.23. The lowest BCUT2D eigenvalue weighted by molar-refractivity contribution is 0.102. The van der Waals surface area contributed by atoms with Gasteiger partial charge in [0.2, 0.25) is 10.0 Å². The topological polar surface area (TPSA) is 93.0 Å². The molecule has 9 heteroatoms. The molecule has 0 aliphatic heterocycles. The molecule has 1 N–H and O–H groups in total. The van der Waals surface area contributed by atoms with Gasteiger partial charge in [-0.1, -0.05) is 24.3 Å². The van der Waals surface area contributed by atoms with Gasteiger partial charge in [0.05, 0.1) is 16.2 Å². The Balaban J connectivity index is 1.54. The van der Waals surface area contributed by atoms with Crippen molar-refractivity contribution in [3.05, 3.63) is 89.4 Å². The number of ether oxygens (including phenoxy) is 1. The van der Waals surface area contributed by atoms with E-state index in [9.17, 15) is 13.2 Å². The highest BCUT2D eigenvalue weighted by Gasteiger charge is 2.21. The van der Waals surface area contributed by atoms with Crippen LogP contribution in [-0.2, 0) is 16.6 Å². The third-order valence-electron chi connectivity index (χ3n) is 5.44. The number of fused-ring (bicyclic) bond motifs is 1. The predicted octanol–water partition coefficient (Wildman–Crippen LogP) is 4.03. The number of hydrogen-bond acceptors (Lipinski definition) is 5. The molecule has 4 aromatic rings. The summed E-state index contributed by atoms with van der Waals surface area (Å²) in [6.45, 7) is 3.90. The van der Waals surface area contributed by atoms with Gasteiger partial charge in [0.1, 0.15) is 18.0 Å². The second-order valence-corrected chi connectivity index (χ2v) is 10.3. The SMILES string of the molecule is Cc1ccc(NC(=O)c2ccccc2OCc2cn3cccc(C)c3n2)cc1S(=O)(=O)N(C)C. The number of benzene rings is 2. The summed E-state index contributed by atoms with van der Waals surface area (Å²) in [6.07, 6.45) is 3.82. The maximum Gasteiger partial charge on any atom is 0.259 e. The normalized spacial score (nSPS) is 11.7. The number of rotatable bonds is 7. The quantitative estimate of drug-likeness (QED) is 0.433. The minimum absolute atomic E-state index is 0.141. The molecule has 0 unspecified atom stereocenters. The number of aryl methyl sites for hydroxylation is 2. The second kappa shape index (κ2) is 9.28. The van der Waals surface area contributed by atoms with Gasteiger partial charge in [-0.15, -0.1) is 0 Å².